The molecule has 1 saturated carbocycles. The Labute approximate surface area is 134 Å². The van der Waals surface area contributed by atoms with E-state index in [1.165, 1.54) is 12.8 Å². The predicted molar refractivity (Wildman–Crippen MR) is 85.3 cm³/mol. The van der Waals surface area contributed by atoms with Crippen molar-refractivity contribution in [2.24, 2.45) is 0 Å². The van der Waals surface area contributed by atoms with E-state index < -0.39 is 5.97 Å². The van der Waals surface area contributed by atoms with Crippen molar-refractivity contribution < 1.29 is 19.4 Å². The first-order chi connectivity index (χ1) is 11.2. The van der Waals surface area contributed by atoms with Crippen molar-refractivity contribution in [2.75, 3.05) is 6.79 Å². The Balaban J connectivity index is 1.85. The van der Waals surface area contributed by atoms with Gasteiger partial charge in [0.1, 0.15) is 0 Å². The molecule has 0 amide bonds. The Morgan fingerprint density at radius 2 is 1.74 bits per heavy atom. The maximum absolute atomic E-state index is 11.7. The second-order valence-electron chi connectivity index (χ2n) is 6.31. The standard InChI is InChI=1S/C18H19NO4/c20-18(21)13-7-12-8-15-16(23-10-22-15)9-14(12)19-17(13)11-5-3-1-2-4-6-11/h7-9,11H,1-6,10H2,(H,20,21). The summed E-state index contributed by atoms with van der Waals surface area (Å²) >= 11 is 0. The summed E-state index contributed by atoms with van der Waals surface area (Å²) in [6.45, 7) is 0.201. The van der Waals surface area contributed by atoms with Gasteiger partial charge in [-0.2, -0.15) is 0 Å². The van der Waals surface area contributed by atoms with Gasteiger partial charge in [0, 0.05) is 17.4 Å². The summed E-state index contributed by atoms with van der Waals surface area (Å²) in [5.74, 6) is 0.660. The molecule has 0 radical (unpaired) electrons. The Morgan fingerprint density at radius 1 is 1.04 bits per heavy atom. The lowest BCUT2D eigenvalue weighted by molar-refractivity contribution is 0.0694. The van der Waals surface area contributed by atoms with Crippen LogP contribution in [0.5, 0.6) is 11.5 Å². The van der Waals surface area contributed by atoms with Crippen molar-refractivity contribution in [1.29, 1.82) is 0 Å². The van der Waals surface area contributed by atoms with E-state index in [2.05, 4.69) is 0 Å². The highest BCUT2D eigenvalue weighted by atomic mass is 16.7. The minimum Gasteiger partial charge on any atom is -0.478 e. The summed E-state index contributed by atoms with van der Waals surface area (Å²) in [6, 6.07) is 5.39. The maximum atomic E-state index is 11.7. The molecule has 1 N–H and O–H groups in total. The number of nitrogens with zero attached hydrogens (tertiary/aromatic N) is 1. The lowest BCUT2D eigenvalue weighted by Gasteiger charge is -2.17. The maximum Gasteiger partial charge on any atom is 0.337 e. The molecular formula is C18H19NO4. The Morgan fingerprint density at radius 3 is 2.43 bits per heavy atom. The molecule has 0 bridgehead atoms. The average molecular weight is 313 g/mol. The lowest BCUT2D eigenvalue weighted by Crippen LogP contribution is -2.10. The fourth-order valence-electron chi connectivity index (χ4n) is 3.61. The third-order valence-corrected chi connectivity index (χ3v) is 4.81. The van der Waals surface area contributed by atoms with Crippen molar-refractivity contribution in [1.82, 2.24) is 4.98 Å². The van der Waals surface area contributed by atoms with Crippen LogP contribution in [0.2, 0.25) is 0 Å². The van der Waals surface area contributed by atoms with Gasteiger partial charge in [0.25, 0.3) is 0 Å². The van der Waals surface area contributed by atoms with E-state index in [0.29, 0.717) is 17.1 Å². The van der Waals surface area contributed by atoms with Crippen LogP contribution < -0.4 is 9.47 Å². The van der Waals surface area contributed by atoms with E-state index in [1.54, 1.807) is 6.07 Å². The summed E-state index contributed by atoms with van der Waals surface area (Å²) in [4.78, 5) is 16.5. The Hall–Kier alpha value is -2.30. The van der Waals surface area contributed by atoms with Crippen molar-refractivity contribution >= 4 is 16.9 Å². The average Bonchev–Trinajstić information content (AvgIpc) is 2.82. The molecule has 0 atom stereocenters. The number of carboxylic acid groups (broad SMARTS) is 1. The quantitative estimate of drug-likeness (QED) is 0.845. The number of carbonyl (C=O) groups is 1. The first kappa shape index (κ1) is 14.3. The molecule has 23 heavy (non-hydrogen) atoms. The van der Waals surface area contributed by atoms with Crippen LogP contribution in [0.25, 0.3) is 10.9 Å². The van der Waals surface area contributed by atoms with Crippen LogP contribution in [-0.2, 0) is 0 Å². The molecule has 0 spiro atoms. The smallest absolute Gasteiger partial charge is 0.337 e. The molecule has 0 saturated heterocycles. The van der Waals surface area contributed by atoms with Crippen LogP contribution in [0.15, 0.2) is 18.2 Å². The van der Waals surface area contributed by atoms with Gasteiger partial charge >= 0.3 is 5.97 Å². The number of pyridine rings is 1. The van der Waals surface area contributed by atoms with E-state index in [1.807, 2.05) is 12.1 Å². The number of hydrogen-bond donors (Lipinski definition) is 1. The third-order valence-electron chi connectivity index (χ3n) is 4.81. The van der Waals surface area contributed by atoms with Crippen molar-refractivity contribution in [3.8, 4) is 11.5 Å². The molecule has 4 rings (SSSR count). The van der Waals surface area contributed by atoms with Crippen LogP contribution in [-0.4, -0.2) is 22.9 Å². The number of rotatable bonds is 2. The van der Waals surface area contributed by atoms with Gasteiger partial charge in [-0.15, -0.1) is 0 Å². The largest absolute Gasteiger partial charge is 0.478 e. The molecular weight excluding hydrogens is 294 g/mol. The SMILES string of the molecule is O=C(O)c1cc2cc3c(cc2nc1C1CCCCCC1)OCO3. The number of aromatic nitrogens is 1. The summed E-state index contributed by atoms with van der Waals surface area (Å²) in [5, 5.41) is 10.4. The number of aromatic carboxylic acids is 1. The molecule has 5 heteroatoms. The van der Waals surface area contributed by atoms with Gasteiger partial charge in [0.05, 0.1) is 16.8 Å². The number of hydrogen-bond acceptors (Lipinski definition) is 4. The van der Waals surface area contributed by atoms with Crippen molar-refractivity contribution in [3.05, 3.63) is 29.5 Å². The van der Waals surface area contributed by atoms with Gasteiger partial charge < -0.3 is 14.6 Å². The Bertz CT molecular complexity index is 763. The first-order valence-corrected chi connectivity index (χ1v) is 8.20. The van der Waals surface area contributed by atoms with Crippen LogP contribution in [0.4, 0.5) is 0 Å². The lowest BCUT2D eigenvalue weighted by atomic mass is 9.92. The molecule has 2 heterocycles. The second-order valence-corrected chi connectivity index (χ2v) is 6.31. The van der Waals surface area contributed by atoms with E-state index in [4.69, 9.17) is 14.5 Å². The third kappa shape index (κ3) is 2.60. The summed E-state index contributed by atoms with van der Waals surface area (Å²) in [7, 11) is 0. The van der Waals surface area contributed by atoms with E-state index >= 15 is 0 Å². The zero-order valence-electron chi connectivity index (χ0n) is 12.9. The van der Waals surface area contributed by atoms with Crippen LogP contribution in [0.1, 0.15) is 60.5 Å². The molecule has 1 aromatic heterocycles. The van der Waals surface area contributed by atoms with Gasteiger partial charge in [0.2, 0.25) is 6.79 Å². The second kappa shape index (κ2) is 5.72. The molecule has 1 aliphatic carbocycles. The fraction of sp³-hybridized carbons (Fsp3) is 0.444. The Kier molecular flexibility index (Phi) is 3.56. The summed E-state index contributed by atoms with van der Waals surface area (Å²) in [6.07, 6.45) is 6.78. The van der Waals surface area contributed by atoms with Gasteiger partial charge in [0.15, 0.2) is 11.5 Å². The molecule has 1 aliphatic heterocycles. The van der Waals surface area contributed by atoms with Crippen LogP contribution in [0.3, 0.4) is 0 Å². The molecule has 120 valence electrons. The fourth-order valence-corrected chi connectivity index (χ4v) is 3.61. The molecule has 5 nitrogen and oxygen atoms in total. The van der Waals surface area contributed by atoms with E-state index in [9.17, 15) is 9.90 Å². The predicted octanol–water partition coefficient (Wildman–Crippen LogP) is 4.10. The number of fused-ring (bicyclic) bond motifs is 2. The summed E-state index contributed by atoms with van der Waals surface area (Å²) < 4.78 is 10.8. The summed E-state index contributed by atoms with van der Waals surface area (Å²) in [5.41, 5.74) is 1.83. The van der Waals surface area contributed by atoms with E-state index in [0.717, 1.165) is 42.3 Å². The molecule has 0 unspecified atom stereocenters. The molecule has 1 fully saturated rings. The highest BCUT2D eigenvalue weighted by Gasteiger charge is 2.24. The van der Waals surface area contributed by atoms with Gasteiger partial charge in [-0.25, -0.2) is 4.79 Å². The van der Waals surface area contributed by atoms with Crippen molar-refractivity contribution in [2.45, 2.75) is 44.4 Å². The van der Waals surface area contributed by atoms with Crippen LogP contribution in [0, 0.1) is 0 Å². The zero-order chi connectivity index (χ0) is 15.8. The molecule has 2 aliphatic rings. The monoisotopic (exact) mass is 313 g/mol. The topological polar surface area (TPSA) is 68.7 Å². The highest BCUT2D eigenvalue weighted by molar-refractivity contribution is 5.95. The van der Waals surface area contributed by atoms with Crippen LogP contribution >= 0.6 is 0 Å². The molecule has 2 aromatic rings. The van der Waals surface area contributed by atoms with Gasteiger partial charge in [-0.05, 0) is 25.0 Å². The first-order valence-electron chi connectivity index (χ1n) is 8.20. The van der Waals surface area contributed by atoms with E-state index in [-0.39, 0.29) is 12.7 Å². The van der Waals surface area contributed by atoms with Crippen molar-refractivity contribution in [3.63, 3.8) is 0 Å². The normalized spacial score (nSPS) is 18.1. The minimum atomic E-state index is -0.906. The number of carboxylic acids is 1. The molecule has 1 aromatic carbocycles. The number of benzene rings is 1. The zero-order valence-corrected chi connectivity index (χ0v) is 12.9. The van der Waals surface area contributed by atoms with Gasteiger partial charge in [-0.3, -0.25) is 4.98 Å². The van der Waals surface area contributed by atoms with Gasteiger partial charge in [-0.1, -0.05) is 25.7 Å². The highest BCUT2D eigenvalue weighted by Crippen LogP contribution is 2.38. The number of ether oxygens (including phenoxy) is 2. The minimum absolute atomic E-state index is 0.201.